The lowest BCUT2D eigenvalue weighted by molar-refractivity contribution is 1.33. The molecule has 0 aromatic heterocycles. The van der Waals surface area contributed by atoms with Crippen LogP contribution in [0.25, 0.3) is 6.08 Å². The lowest BCUT2D eigenvalue weighted by Crippen LogP contribution is -1.78. The summed E-state index contributed by atoms with van der Waals surface area (Å²) in [5, 5.41) is 0.560. The standard InChI is InChI=1S/C11H12ClN/c1-9(13-10(2)12)8-11-6-4-3-5-7-11/h3-8H,1-2H3/b9-8+,13-10?. The molecule has 0 fully saturated rings. The molecule has 0 amide bonds. The summed E-state index contributed by atoms with van der Waals surface area (Å²) in [4.78, 5) is 4.12. The van der Waals surface area contributed by atoms with Gasteiger partial charge >= 0.3 is 0 Å². The fourth-order valence-electron chi connectivity index (χ4n) is 1.07. The van der Waals surface area contributed by atoms with E-state index >= 15 is 0 Å². The average molecular weight is 194 g/mol. The Morgan fingerprint density at radius 3 is 2.38 bits per heavy atom. The summed E-state index contributed by atoms with van der Waals surface area (Å²) < 4.78 is 0. The van der Waals surface area contributed by atoms with Gasteiger partial charge in [0.25, 0.3) is 0 Å². The SMILES string of the molecule is CC(Cl)=N/C(C)=C/c1ccccc1. The molecular weight excluding hydrogens is 182 g/mol. The molecule has 1 rings (SSSR count). The third kappa shape index (κ3) is 3.90. The molecule has 0 N–H and O–H groups in total. The van der Waals surface area contributed by atoms with Crippen molar-refractivity contribution in [1.29, 1.82) is 0 Å². The molecule has 13 heavy (non-hydrogen) atoms. The average Bonchev–Trinajstić information content (AvgIpc) is 2.04. The van der Waals surface area contributed by atoms with Crippen LogP contribution in [0.3, 0.4) is 0 Å². The Labute approximate surface area is 83.8 Å². The van der Waals surface area contributed by atoms with Gasteiger partial charge in [-0.3, -0.25) is 0 Å². The lowest BCUT2D eigenvalue weighted by atomic mass is 10.2. The Kier molecular flexibility index (Phi) is 3.71. The highest BCUT2D eigenvalue weighted by atomic mass is 35.5. The second kappa shape index (κ2) is 4.83. The van der Waals surface area contributed by atoms with Crippen LogP contribution >= 0.6 is 11.6 Å². The second-order valence-electron chi connectivity index (χ2n) is 2.81. The molecule has 0 saturated carbocycles. The quantitative estimate of drug-likeness (QED) is 0.635. The van der Waals surface area contributed by atoms with Crippen LogP contribution in [0.2, 0.25) is 0 Å². The summed E-state index contributed by atoms with van der Waals surface area (Å²) >= 11 is 5.65. The van der Waals surface area contributed by atoms with E-state index in [0.29, 0.717) is 5.17 Å². The van der Waals surface area contributed by atoms with E-state index in [1.165, 1.54) is 0 Å². The summed E-state index contributed by atoms with van der Waals surface area (Å²) in [6.07, 6.45) is 1.99. The number of nitrogens with zero attached hydrogens (tertiary/aromatic N) is 1. The number of rotatable bonds is 2. The molecule has 0 aliphatic carbocycles. The van der Waals surface area contributed by atoms with Crippen molar-refractivity contribution < 1.29 is 0 Å². The second-order valence-corrected chi connectivity index (χ2v) is 3.35. The van der Waals surface area contributed by atoms with E-state index in [1.807, 2.05) is 43.3 Å². The summed E-state index contributed by atoms with van der Waals surface area (Å²) in [5.74, 6) is 0. The van der Waals surface area contributed by atoms with E-state index in [0.717, 1.165) is 11.3 Å². The first-order valence-corrected chi connectivity index (χ1v) is 4.50. The third-order valence-corrected chi connectivity index (χ3v) is 1.59. The molecule has 0 radical (unpaired) electrons. The summed E-state index contributed by atoms with van der Waals surface area (Å²) in [7, 11) is 0. The van der Waals surface area contributed by atoms with Crippen molar-refractivity contribution in [2.24, 2.45) is 4.99 Å². The minimum Gasteiger partial charge on any atom is -0.246 e. The van der Waals surface area contributed by atoms with E-state index in [4.69, 9.17) is 11.6 Å². The highest BCUT2D eigenvalue weighted by Crippen LogP contribution is 2.07. The minimum absolute atomic E-state index is 0.560. The van der Waals surface area contributed by atoms with Crippen LogP contribution in [0.15, 0.2) is 41.0 Å². The monoisotopic (exact) mass is 193 g/mol. The largest absolute Gasteiger partial charge is 0.246 e. The molecule has 1 nitrogen and oxygen atoms in total. The topological polar surface area (TPSA) is 12.4 Å². The van der Waals surface area contributed by atoms with Gasteiger partial charge in [-0.15, -0.1) is 0 Å². The van der Waals surface area contributed by atoms with Crippen LogP contribution in [0.5, 0.6) is 0 Å². The molecule has 0 saturated heterocycles. The summed E-state index contributed by atoms with van der Waals surface area (Å²) in [5.41, 5.74) is 2.06. The van der Waals surface area contributed by atoms with Gasteiger partial charge in [0, 0.05) is 5.70 Å². The zero-order chi connectivity index (χ0) is 9.68. The zero-order valence-corrected chi connectivity index (χ0v) is 8.55. The van der Waals surface area contributed by atoms with Gasteiger partial charge in [0.15, 0.2) is 0 Å². The smallest absolute Gasteiger partial charge is 0.103 e. The molecule has 0 atom stereocenters. The van der Waals surface area contributed by atoms with Crippen molar-refractivity contribution in [2.75, 3.05) is 0 Å². The number of benzene rings is 1. The molecule has 2 heteroatoms. The molecular formula is C11H12ClN. The predicted octanol–water partition coefficient (Wildman–Crippen LogP) is 3.70. The minimum atomic E-state index is 0.560. The molecule has 68 valence electrons. The van der Waals surface area contributed by atoms with E-state index < -0.39 is 0 Å². The van der Waals surface area contributed by atoms with Crippen LogP contribution in [-0.4, -0.2) is 5.17 Å². The molecule has 0 heterocycles. The van der Waals surface area contributed by atoms with Crippen LogP contribution in [0, 0.1) is 0 Å². The number of hydrogen-bond acceptors (Lipinski definition) is 1. The number of halogens is 1. The van der Waals surface area contributed by atoms with Gasteiger partial charge in [0.05, 0.1) is 0 Å². The van der Waals surface area contributed by atoms with Gasteiger partial charge < -0.3 is 0 Å². The van der Waals surface area contributed by atoms with Crippen molar-refractivity contribution in [1.82, 2.24) is 0 Å². The third-order valence-electron chi connectivity index (χ3n) is 1.51. The fourth-order valence-corrected chi connectivity index (χ4v) is 1.20. The highest BCUT2D eigenvalue weighted by molar-refractivity contribution is 6.64. The van der Waals surface area contributed by atoms with Gasteiger partial charge in [-0.2, -0.15) is 0 Å². The first kappa shape index (κ1) is 10.0. The summed E-state index contributed by atoms with van der Waals surface area (Å²) in [6, 6.07) is 10.0. The predicted molar refractivity (Wildman–Crippen MR) is 59.1 cm³/mol. The van der Waals surface area contributed by atoms with Crippen LogP contribution < -0.4 is 0 Å². The van der Waals surface area contributed by atoms with E-state index in [1.54, 1.807) is 6.92 Å². The van der Waals surface area contributed by atoms with Crippen molar-refractivity contribution in [3.05, 3.63) is 41.6 Å². The van der Waals surface area contributed by atoms with Crippen molar-refractivity contribution in [3.63, 3.8) is 0 Å². The first-order valence-electron chi connectivity index (χ1n) is 4.12. The molecule has 0 spiro atoms. The summed E-state index contributed by atoms with van der Waals surface area (Å²) in [6.45, 7) is 3.70. The van der Waals surface area contributed by atoms with Crippen molar-refractivity contribution in [3.8, 4) is 0 Å². The molecule has 0 aliphatic heterocycles. The van der Waals surface area contributed by atoms with E-state index in [2.05, 4.69) is 4.99 Å². The van der Waals surface area contributed by atoms with Crippen molar-refractivity contribution in [2.45, 2.75) is 13.8 Å². The fraction of sp³-hybridized carbons (Fsp3) is 0.182. The Balaban J connectivity index is 2.83. The molecule has 1 aromatic rings. The highest BCUT2D eigenvalue weighted by Gasteiger charge is 1.88. The normalized spacial score (nSPS) is 13.2. The maximum atomic E-state index is 5.65. The van der Waals surface area contributed by atoms with Crippen LogP contribution in [0.1, 0.15) is 19.4 Å². The molecule has 1 aromatic carbocycles. The van der Waals surface area contributed by atoms with Crippen LogP contribution in [-0.2, 0) is 0 Å². The Bertz CT molecular complexity index is 321. The molecule has 0 aliphatic rings. The first-order chi connectivity index (χ1) is 6.18. The zero-order valence-electron chi connectivity index (χ0n) is 7.79. The van der Waals surface area contributed by atoms with Crippen LogP contribution in [0.4, 0.5) is 0 Å². The number of allylic oxidation sites excluding steroid dienone is 1. The molecule has 0 bridgehead atoms. The van der Waals surface area contributed by atoms with Gasteiger partial charge in [-0.25, -0.2) is 4.99 Å². The van der Waals surface area contributed by atoms with Gasteiger partial charge in [-0.05, 0) is 25.5 Å². The lowest BCUT2D eigenvalue weighted by Gasteiger charge is -1.94. The maximum Gasteiger partial charge on any atom is 0.103 e. The maximum absolute atomic E-state index is 5.65. The van der Waals surface area contributed by atoms with E-state index in [9.17, 15) is 0 Å². The number of aliphatic imine (C=N–C) groups is 1. The van der Waals surface area contributed by atoms with E-state index in [-0.39, 0.29) is 0 Å². The van der Waals surface area contributed by atoms with Gasteiger partial charge in [0.2, 0.25) is 0 Å². The Morgan fingerprint density at radius 2 is 1.85 bits per heavy atom. The van der Waals surface area contributed by atoms with Gasteiger partial charge in [0.1, 0.15) is 5.17 Å². The molecule has 0 unspecified atom stereocenters. The Hall–Kier alpha value is -1.08. The van der Waals surface area contributed by atoms with Crippen molar-refractivity contribution >= 4 is 22.8 Å². The number of hydrogen-bond donors (Lipinski definition) is 0. The Morgan fingerprint density at radius 1 is 1.23 bits per heavy atom. The van der Waals surface area contributed by atoms with Gasteiger partial charge in [-0.1, -0.05) is 41.9 Å².